The number of ether oxygens (including phenoxy) is 1. The van der Waals surface area contributed by atoms with E-state index in [1.54, 1.807) is 0 Å². The number of hydrogen-bond acceptors (Lipinski definition) is 6. The lowest BCUT2D eigenvalue weighted by atomic mass is 9.97. The van der Waals surface area contributed by atoms with Gasteiger partial charge in [0.2, 0.25) is 5.91 Å². The van der Waals surface area contributed by atoms with Gasteiger partial charge in [0.25, 0.3) is 0 Å². The van der Waals surface area contributed by atoms with E-state index < -0.39 is 43.2 Å². The summed E-state index contributed by atoms with van der Waals surface area (Å²) in [6.07, 6.45) is -0.137. The second-order valence-electron chi connectivity index (χ2n) is 4.03. The Bertz CT molecular complexity index is 328. The lowest BCUT2D eigenvalue weighted by molar-refractivity contribution is -0.253. The highest BCUT2D eigenvalue weighted by molar-refractivity contribution is 5.76. The molecule has 0 aromatic rings. The molecule has 1 aliphatic heterocycles. The largest absolute Gasteiger partial charge is 0.394 e. The highest BCUT2D eigenvalue weighted by Gasteiger charge is 2.44. The molecule has 5 N–H and O–H groups in total. The molecule has 0 bridgehead atoms. The molecule has 1 amide bonds. The van der Waals surface area contributed by atoms with Crippen molar-refractivity contribution in [1.82, 2.24) is 5.32 Å². The van der Waals surface area contributed by atoms with Gasteiger partial charge in [-0.1, -0.05) is 0 Å². The number of hydrogen-bond donors (Lipinski definition) is 5. The molecule has 1 aliphatic rings. The van der Waals surface area contributed by atoms with Crippen LogP contribution >= 0.6 is 0 Å². The minimum absolute atomic E-state index is 0.0476. The molecule has 0 aromatic carbocycles. The Morgan fingerprint density at radius 2 is 2.00 bits per heavy atom. The Labute approximate surface area is 104 Å². The van der Waals surface area contributed by atoms with Gasteiger partial charge in [0.15, 0.2) is 6.29 Å². The van der Waals surface area contributed by atoms with Crippen LogP contribution in [0, 0.1) is 12.3 Å². The molecule has 1 saturated heterocycles. The molecule has 102 valence electrons. The van der Waals surface area contributed by atoms with Gasteiger partial charge in [0, 0.05) is 12.8 Å². The Morgan fingerprint density at radius 3 is 2.56 bits per heavy atom. The first kappa shape index (κ1) is 14.9. The SMILES string of the molecule is C#CCCC(=O)N[C@@H]1C(O)O[C@H](CO)[C@@H](O)[C@@H]1O. The van der Waals surface area contributed by atoms with Crippen LogP contribution in [-0.2, 0) is 9.53 Å². The highest BCUT2D eigenvalue weighted by Crippen LogP contribution is 2.19. The molecule has 0 aliphatic carbocycles. The van der Waals surface area contributed by atoms with Gasteiger partial charge >= 0.3 is 0 Å². The summed E-state index contributed by atoms with van der Waals surface area (Å²) >= 11 is 0. The van der Waals surface area contributed by atoms with Gasteiger partial charge in [-0.15, -0.1) is 12.3 Å². The van der Waals surface area contributed by atoms with E-state index in [0.717, 1.165) is 0 Å². The third-order valence-electron chi connectivity index (χ3n) is 2.72. The first-order valence-corrected chi connectivity index (χ1v) is 5.54. The van der Waals surface area contributed by atoms with Crippen molar-refractivity contribution in [3.05, 3.63) is 0 Å². The summed E-state index contributed by atoms with van der Waals surface area (Å²) < 4.78 is 4.88. The lowest BCUT2D eigenvalue weighted by Gasteiger charge is -2.40. The molecule has 7 nitrogen and oxygen atoms in total. The number of carbonyl (C=O) groups is 1. The van der Waals surface area contributed by atoms with Crippen LogP contribution in [0.3, 0.4) is 0 Å². The standard InChI is InChI=1S/C11H17NO6/c1-2-3-4-7(14)12-8-10(16)9(15)6(5-13)18-11(8)17/h1,6,8-11,13,15-17H,3-5H2,(H,12,14)/t6-,8+,9-,10-,11?/m1/s1. The molecule has 0 radical (unpaired) electrons. The highest BCUT2D eigenvalue weighted by atomic mass is 16.6. The third kappa shape index (κ3) is 3.41. The number of rotatable bonds is 4. The quantitative estimate of drug-likeness (QED) is 0.351. The first-order chi connectivity index (χ1) is 8.51. The predicted molar refractivity (Wildman–Crippen MR) is 60.0 cm³/mol. The van der Waals surface area contributed by atoms with E-state index >= 15 is 0 Å². The van der Waals surface area contributed by atoms with E-state index in [1.807, 2.05) is 0 Å². The number of amides is 1. The van der Waals surface area contributed by atoms with Gasteiger partial charge in [-0.25, -0.2) is 0 Å². The minimum atomic E-state index is -1.50. The maximum atomic E-state index is 11.4. The van der Waals surface area contributed by atoms with Gasteiger partial charge in [-0.2, -0.15) is 0 Å². The second kappa shape index (κ2) is 6.68. The second-order valence-corrected chi connectivity index (χ2v) is 4.03. The molecule has 1 fully saturated rings. The van der Waals surface area contributed by atoms with E-state index in [9.17, 15) is 20.1 Å². The zero-order valence-corrected chi connectivity index (χ0v) is 9.69. The van der Waals surface area contributed by atoms with Crippen LogP contribution < -0.4 is 5.32 Å². The zero-order valence-electron chi connectivity index (χ0n) is 9.69. The molecule has 5 atom stereocenters. The molecule has 7 heteroatoms. The van der Waals surface area contributed by atoms with E-state index in [1.165, 1.54) is 0 Å². The van der Waals surface area contributed by atoms with Crippen LogP contribution in [0.25, 0.3) is 0 Å². The Morgan fingerprint density at radius 1 is 1.33 bits per heavy atom. The average Bonchev–Trinajstić information content (AvgIpc) is 2.36. The van der Waals surface area contributed by atoms with Crippen molar-refractivity contribution in [3.63, 3.8) is 0 Å². The van der Waals surface area contributed by atoms with Crippen LogP contribution in [0.5, 0.6) is 0 Å². The smallest absolute Gasteiger partial charge is 0.221 e. The van der Waals surface area contributed by atoms with Gasteiger partial charge in [0.05, 0.1) is 6.61 Å². The van der Waals surface area contributed by atoms with Gasteiger partial charge in [0.1, 0.15) is 24.4 Å². The number of aliphatic hydroxyl groups excluding tert-OH is 4. The number of carbonyl (C=O) groups excluding carboxylic acids is 1. The van der Waals surface area contributed by atoms with Crippen molar-refractivity contribution in [2.75, 3.05) is 6.61 Å². The van der Waals surface area contributed by atoms with Crippen molar-refractivity contribution in [1.29, 1.82) is 0 Å². The summed E-state index contributed by atoms with van der Waals surface area (Å²) in [6, 6.07) is -1.16. The summed E-state index contributed by atoms with van der Waals surface area (Å²) in [5.74, 6) is 1.82. The van der Waals surface area contributed by atoms with Crippen LogP contribution in [0.4, 0.5) is 0 Å². The van der Waals surface area contributed by atoms with E-state index in [-0.39, 0.29) is 12.8 Å². The molecule has 1 rings (SSSR count). The summed E-state index contributed by atoms with van der Waals surface area (Å²) in [6.45, 7) is -0.549. The van der Waals surface area contributed by atoms with Crippen molar-refractivity contribution < 1.29 is 30.0 Å². The summed E-state index contributed by atoms with van der Waals surface area (Å²) in [5, 5.41) is 40.1. The van der Waals surface area contributed by atoms with Crippen molar-refractivity contribution >= 4 is 5.91 Å². The summed E-state index contributed by atoms with van der Waals surface area (Å²) in [7, 11) is 0. The van der Waals surface area contributed by atoms with Gasteiger partial charge in [-0.3, -0.25) is 4.79 Å². The zero-order chi connectivity index (χ0) is 13.7. The van der Waals surface area contributed by atoms with Gasteiger partial charge in [-0.05, 0) is 0 Å². The minimum Gasteiger partial charge on any atom is -0.394 e. The average molecular weight is 259 g/mol. The van der Waals surface area contributed by atoms with Gasteiger partial charge < -0.3 is 30.5 Å². The number of aliphatic hydroxyl groups is 4. The third-order valence-corrected chi connectivity index (χ3v) is 2.72. The Kier molecular flexibility index (Phi) is 5.53. The molecule has 0 aromatic heterocycles. The van der Waals surface area contributed by atoms with Crippen LogP contribution in [0.2, 0.25) is 0 Å². The van der Waals surface area contributed by atoms with E-state index in [2.05, 4.69) is 11.2 Å². The van der Waals surface area contributed by atoms with Crippen molar-refractivity contribution in [2.45, 2.75) is 43.5 Å². The van der Waals surface area contributed by atoms with E-state index in [0.29, 0.717) is 0 Å². The molecule has 1 unspecified atom stereocenters. The van der Waals surface area contributed by atoms with E-state index in [4.69, 9.17) is 16.3 Å². The molecule has 0 spiro atoms. The summed E-state index contributed by atoms with van der Waals surface area (Å²) in [4.78, 5) is 11.4. The number of nitrogens with one attached hydrogen (secondary N) is 1. The van der Waals surface area contributed by atoms with Crippen LogP contribution in [0.15, 0.2) is 0 Å². The first-order valence-electron chi connectivity index (χ1n) is 5.54. The predicted octanol–water partition coefficient (Wildman–Crippen LogP) is -2.68. The molecule has 1 heterocycles. The molecule has 0 saturated carbocycles. The van der Waals surface area contributed by atoms with Crippen molar-refractivity contribution in [3.8, 4) is 12.3 Å². The maximum absolute atomic E-state index is 11.4. The molecular formula is C11H17NO6. The topological polar surface area (TPSA) is 119 Å². The Hall–Kier alpha value is -1.17. The summed E-state index contributed by atoms with van der Waals surface area (Å²) in [5.41, 5.74) is 0. The van der Waals surface area contributed by atoms with Crippen molar-refractivity contribution in [2.24, 2.45) is 0 Å². The fraction of sp³-hybridized carbons (Fsp3) is 0.727. The lowest BCUT2D eigenvalue weighted by Crippen LogP contribution is -2.64. The fourth-order valence-corrected chi connectivity index (χ4v) is 1.70. The van der Waals surface area contributed by atoms with Crippen LogP contribution in [-0.4, -0.2) is 63.6 Å². The maximum Gasteiger partial charge on any atom is 0.221 e. The normalized spacial score (nSPS) is 35.8. The Balaban J connectivity index is 2.60. The molecular weight excluding hydrogens is 242 g/mol. The van der Waals surface area contributed by atoms with Crippen LogP contribution in [0.1, 0.15) is 12.8 Å². The number of terminal acetylenes is 1. The monoisotopic (exact) mass is 259 g/mol. The molecule has 18 heavy (non-hydrogen) atoms. The fourth-order valence-electron chi connectivity index (χ4n) is 1.70.